The first kappa shape index (κ1) is 20.9. The van der Waals surface area contributed by atoms with Gasteiger partial charge in [-0.05, 0) is 52.0 Å². The summed E-state index contributed by atoms with van der Waals surface area (Å²) in [5.41, 5.74) is 1.65. The van der Waals surface area contributed by atoms with E-state index in [1.54, 1.807) is 4.90 Å². The number of carbonyl (C=O) groups excluding carboxylic acids is 3. The van der Waals surface area contributed by atoms with Crippen molar-refractivity contribution < 1.29 is 14.4 Å². The van der Waals surface area contributed by atoms with Gasteiger partial charge in [0, 0.05) is 54.9 Å². The molecule has 7 nitrogen and oxygen atoms in total. The lowest BCUT2D eigenvalue weighted by Gasteiger charge is -2.20. The Morgan fingerprint density at radius 2 is 1.93 bits per heavy atom. The topological polar surface area (TPSA) is 74.6 Å². The molecule has 1 N–H and O–H groups in total. The number of hydrogen-bond acceptors (Lipinski definition) is 3. The lowest BCUT2D eigenvalue weighted by atomic mass is 10.1. The predicted molar refractivity (Wildman–Crippen MR) is 113 cm³/mol. The third kappa shape index (κ3) is 4.44. The van der Waals surface area contributed by atoms with Crippen LogP contribution in [0.4, 0.5) is 5.69 Å². The van der Waals surface area contributed by atoms with E-state index in [4.69, 9.17) is 0 Å². The van der Waals surface area contributed by atoms with Gasteiger partial charge in [0.2, 0.25) is 17.7 Å². The summed E-state index contributed by atoms with van der Waals surface area (Å²) in [6.45, 7) is 10.0. The van der Waals surface area contributed by atoms with E-state index >= 15 is 0 Å². The maximum absolute atomic E-state index is 12.6. The summed E-state index contributed by atoms with van der Waals surface area (Å²) in [5.74, 6) is -0.329. The number of fused-ring (bicyclic) bond motifs is 1. The average Bonchev–Trinajstić information content (AvgIpc) is 3.26. The summed E-state index contributed by atoms with van der Waals surface area (Å²) >= 11 is 0. The van der Waals surface area contributed by atoms with Crippen molar-refractivity contribution in [2.45, 2.75) is 46.7 Å². The summed E-state index contributed by atoms with van der Waals surface area (Å²) in [4.78, 5) is 40.6. The second-order valence-electron chi connectivity index (χ2n) is 7.81. The van der Waals surface area contributed by atoms with Crippen LogP contribution >= 0.6 is 0 Å². The van der Waals surface area contributed by atoms with Gasteiger partial charge in [-0.15, -0.1) is 0 Å². The van der Waals surface area contributed by atoms with Crippen LogP contribution in [0.15, 0.2) is 30.5 Å². The third-order valence-electron chi connectivity index (χ3n) is 5.61. The molecule has 156 valence electrons. The highest BCUT2D eigenvalue weighted by atomic mass is 16.2. The molecule has 0 saturated carbocycles. The first-order valence-corrected chi connectivity index (χ1v) is 10.3. The average molecular weight is 399 g/mol. The van der Waals surface area contributed by atoms with Crippen molar-refractivity contribution in [3.63, 3.8) is 0 Å². The number of rotatable bonds is 7. The largest absolute Gasteiger partial charge is 0.342 e. The molecule has 1 saturated heterocycles. The number of nitrogens with zero attached hydrogens (tertiary/aromatic N) is 3. The number of aromatic nitrogens is 1. The molecule has 0 radical (unpaired) electrons. The molecule has 2 heterocycles. The Kier molecular flexibility index (Phi) is 6.25. The van der Waals surface area contributed by atoms with Crippen molar-refractivity contribution in [1.29, 1.82) is 0 Å². The summed E-state index contributed by atoms with van der Waals surface area (Å²) < 4.78 is 1.93. The Bertz CT molecular complexity index is 914. The number of carbonyl (C=O) groups is 3. The molecule has 0 spiro atoms. The van der Waals surface area contributed by atoms with E-state index in [1.807, 2.05) is 67.6 Å². The summed E-state index contributed by atoms with van der Waals surface area (Å²) in [5, 5.41) is 3.90. The van der Waals surface area contributed by atoms with Gasteiger partial charge < -0.3 is 19.7 Å². The summed E-state index contributed by atoms with van der Waals surface area (Å²) in [7, 11) is 0. The number of nitrogens with one attached hydrogen (secondary N) is 1. The molecule has 1 aliphatic rings. The second-order valence-corrected chi connectivity index (χ2v) is 7.81. The van der Waals surface area contributed by atoms with E-state index in [1.165, 1.54) is 0 Å². The first-order valence-electron chi connectivity index (χ1n) is 10.3. The van der Waals surface area contributed by atoms with Crippen LogP contribution in [-0.4, -0.2) is 57.8 Å². The van der Waals surface area contributed by atoms with Crippen LogP contribution in [0.1, 0.15) is 34.1 Å². The molecule has 1 atom stereocenters. The highest BCUT2D eigenvalue weighted by Gasteiger charge is 2.35. The fraction of sp³-hybridized carbons (Fsp3) is 0.500. The van der Waals surface area contributed by atoms with E-state index in [0.717, 1.165) is 10.9 Å². The summed E-state index contributed by atoms with van der Waals surface area (Å²) in [6, 6.07) is 7.72. The highest BCUT2D eigenvalue weighted by molar-refractivity contribution is 5.98. The van der Waals surface area contributed by atoms with Gasteiger partial charge in [0.05, 0.1) is 5.92 Å². The van der Waals surface area contributed by atoms with Gasteiger partial charge in [0.25, 0.3) is 0 Å². The quantitative estimate of drug-likeness (QED) is 0.779. The van der Waals surface area contributed by atoms with Crippen molar-refractivity contribution in [2.24, 2.45) is 5.92 Å². The fourth-order valence-electron chi connectivity index (χ4n) is 3.89. The van der Waals surface area contributed by atoms with Crippen LogP contribution in [0.5, 0.6) is 0 Å². The smallest absolute Gasteiger partial charge is 0.242 e. The summed E-state index contributed by atoms with van der Waals surface area (Å²) in [6.07, 6.45) is 2.16. The van der Waals surface area contributed by atoms with Crippen molar-refractivity contribution in [2.75, 3.05) is 25.0 Å². The first-order chi connectivity index (χ1) is 13.8. The molecule has 1 aromatic heterocycles. The molecular weight excluding hydrogens is 368 g/mol. The van der Waals surface area contributed by atoms with Crippen LogP contribution in [0.3, 0.4) is 0 Å². The number of amides is 3. The van der Waals surface area contributed by atoms with E-state index in [-0.39, 0.29) is 36.1 Å². The van der Waals surface area contributed by atoms with Gasteiger partial charge in [0.1, 0.15) is 6.54 Å². The van der Waals surface area contributed by atoms with Crippen LogP contribution in [0.25, 0.3) is 10.9 Å². The second kappa shape index (κ2) is 8.68. The van der Waals surface area contributed by atoms with Gasteiger partial charge in [0.15, 0.2) is 0 Å². The third-order valence-corrected chi connectivity index (χ3v) is 5.61. The van der Waals surface area contributed by atoms with Crippen LogP contribution in [-0.2, 0) is 20.9 Å². The van der Waals surface area contributed by atoms with Crippen molar-refractivity contribution in [3.05, 3.63) is 30.5 Å². The lowest BCUT2D eigenvalue weighted by Crippen LogP contribution is -2.33. The maximum Gasteiger partial charge on any atom is 0.242 e. The minimum absolute atomic E-state index is 0.0329. The minimum Gasteiger partial charge on any atom is -0.342 e. The Morgan fingerprint density at radius 3 is 2.55 bits per heavy atom. The van der Waals surface area contributed by atoms with E-state index in [9.17, 15) is 14.4 Å². The fourth-order valence-corrected chi connectivity index (χ4v) is 3.89. The van der Waals surface area contributed by atoms with Gasteiger partial charge in [-0.2, -0.15) is 0 Å². The minimum atomic E-state index is -0.322. The highest BCUT2D eigenvalue weighted by Crippen LogP contribution is 2.24. The molecule has 1 aliphatic heterocycles. The Labute approximate surface area is 171 Å². The zero-order chi connectivity index (χ0) is 21.1. The molecule has 3 rings (SSSR count). The Balaban J connectivity index is 1.69. The van der Waals surface area contributed by atoms with E-state index in [0.29, 0.717) is 31.9 Å². The number of likely N-dealkylation sites (tertiary alicyclic amines) is 1. The molecule has 7 heteroatoms. The predicted octanol–water partition coefficient (Wildman–Crippen LogP) is 2.71. The lowest BCUT2D eigenvalue weighted by molar-refractivity contribution is -0.131. The normalized spacial score (nSPS) is 16.7. The molecule has 0 unspecified atom stereocenters. The number of likely N-dealkylation sites (N-methyl/N-ethyl adjacent to an activating group) is 1. The van der Waals surface area contributed by atoms with Crippen molar-refractivity contribution in [1.82, 2.24) is 14.4 Å². The molecule has 29 heavy (non-hydrogen) atoms. The molecule has 1 fully saturated rings. The molecule has 0 bridgehead atoms. The van der Waals surface area contributed by atoms with Gasteiger partial charge in [-0.25, -0.2) is 0 Å². The van der Waals surface area contributed by atoms with Crippen LogP contribution in [0, 0.1) is 5.92 Å². The number of anilines is 1. The van der Waals surface area contributed by atoms with E-state index < -0.39 is 0 Å². The number of benzene rings is 1. The Hall–Kier alpha value is -2.83. The number of hydrogen-bond donors (Lipinski definition) is 1. The molecule has 0 aliphatic carbocycles. The van der Waals surface area contributed by atoms with Crippen molar-refractivity contribution in [3.8, 4) is 0 Å². The van der Waals surface area contributed by atoms with Crippen LogP contribution < -0.4 is 5.32 Å². The van der Waals surface area contributed by atoms with Gasteiger partial charge in [-0.1, -0.05) is 0 Å². The van der Waals surface area contributed by atoms with Crippen molar-refractivity contribution >= 4 is 34.3 Å². The zero-order valence-corrected chi connectivity index (χ0v) is 17.6. The standard InChI is InChI=1S/C22H30N4O3/c1-5-24(6-2)21(28)14-25-10-9-16-11-18(7-8-19(16)25)23-22(29)17-12-20(27)26(13-17)15(3)4/h7-11,15,17H,5-6,12-14H2,1-4H3,(H,23,29)/t17-/m0/s1. The maximum atomic E-state index is 12.6. The zero-order valence-electron chi connectivity index (χ0n) is 17.6. The SMILES string of the molecule is CCN(CC)C(=O)Cn1ccc2cc(NC(=O)[C@H]3CC(=O)N(C(C)C)C3)ccc21. The van der Waals surface area contributed by atoms with Gasteiger partial charge in [-0.3, -0.25) is 14.4 Å². The monoisotopic (exact) mass is 398 g/mol. The Morgan fingerprint density at radius 1 is 1.21 bits per heavy atom. The van der Waals surface area contributed by atoms with E-state index in [2.05, 4.69) is 5.32 Å². The molecule has 3 amide bonds. The molecule has 2 aromatic rings. The van der Waals surface area contributed by atoms with Crippen LogP contribution in [0.2, 0.25) is 0 Å². The molecule has 1 aromatic carbocycles. The molecular formula is C22H30N4O3. The van der Waals surface area contributed by atoms with Gasteiger partial charge >= 0.3 is 0 Å².